The zero-order valence-electron chi connectivity index (χ0n) is 25.8. The maximum absolute atomic E-state index is 14.1. The molecule has 2 saturated carbocycles. The van der Waals surface area contributed by atoms with Crippen LogP contribution in [0.3, 0.4) is 0 Å². The van der Waals surface area contributed by atoms with E-state index in [-0.39, 0.29) is 23.4 Å². The molecule has 8 aliphatic rings. The summed E-state index contributed by atoms with van der Waals surface area (Å²) in [4.78, 5) is 29.8. The molecule has 2 unspecified atom stereocenters. The fourth-order valence-electron chi connectivity index (χ4n) is 9.92. The van der Waals surface area contributed by atoms with Gasteiger partial charge in [-0.3, -0.25) is 4.79 Å². The average molecular weight is 562 g/mol. The number of nitrogens with zero attached hydrogens (tertiary/aromatic N) is 3. The number of benzene rings is 1. The summed E-state index contributed by atoms with van der Waals surface area (Å²) in [5.41, 5.74) is 13.8. The molecule has 224 valence electrons. The summed E-state index contributed by atoms with van der Waals surface area (Å²) in [5.74, 6) is 1.04. The molecule has 8 fully saturated rings. The fourth-order valence-corrected chi connectivity index (χ4v) is 9.92. The molecule has 1 aromatic carbocycles. The predicted octanol–water partition coefficient (Wildman–Crippen LogP) is 7.72. The van der Waals surface area contributed by atoms with E-state index >= 15 is 0 Å². The van der Waals surface area contributed by atoms with Crippen molar-refractivity contribution in [3.8, 4) is 0 Å². The number of carbonyl (C=O) groups excluding carboxylic acids is 2. The monoisotopic (exact) mass is 561 g/mol. The van der Waals surface area contributed by atoms with Gasteiger partial charge < -0.3 is 19.9 Å². The molecular formula is C35H51N3O3. The normalized spacial score (nSPS) is 34.4. The summed E-state index contributed by atoms with van der Waals surface area (Å²) in [6, 6.07) is 6.06. The van der Waals surface area contributed by atoms with Gasteiger partial charge in [-0.2, -0.15) is 0 Å². The Morgan fingerprint density at radius 3 is 2.32 bits per heavy atom. The number of aryl methyl sites for hydroxylation is 2. The predicted molar refractivity (Wildman–Crippen MR) is 160 cm³/mol. The van der Waals surface area contributed by atoms with Gasteiger partial charge >= 0.3 is 5.97 Å². The highest BCUT2D eigenvalue weighted by atomic mass is 16.6. The Kier molecular flexibility index (Phi) is 7.82. The van der Waals surface area contributed by atoms with E-state index < -0.39 is 11.1 Å². The third kappa shape index (κ3) is 4.76. The summed E-state index contributed by atoms with van der Waals surface area (Å²) >= 11 is 0. The smallest absolute Gasteiger partial charge is 0.378 e. The highest BCUT2D eigenvalue weighted by Gasteiger charge is 2.70. The van der Waals surface area contributed by atoms with Crippen LogP contribution in [0.2, 0.25) is 0 Å². The molecule has 2 aliphatic carbocycles. The Balaban J connectivity index is 1.28. The van der Waals surface area contributed by atoms with Crippen LogP contribution in [-0.4, -0.2) is 51.2 Å². The van der Waals surface area contributed by atoms with Crippen LogP contribution in [0.5, 0.6) is 0 Å². The third-order valence-corrected chi connectivity index (χ3v) is 12.3. The van der Waals surface area contributed by atoms with Gasteiger partial charge in [0.25, 0.3) is 5.91 Å². The van der Waals surface area contributed by atoms with Gasteiger partial charge in [0.15, 0.2) is 5.54 Å². The number of esters is 1. The van der Waals surface area contributed by atoms with E-state index in [1.165, 1.54) is 19.3 Å². The molecule has 9 rings (SSSR count). The number of likely N-dealkylation sites (tertiary alicyclic amines) is 1. The van der Waals surface area contributed by atoms with Gasteiger partial charge in [-0.25, -0.2) is 4.79 Å². The highest BCUT2D eigenvalue weighted by molar-refractivity contribution is 5.97. The van der Waals surface area contributed by atoms with Gasteiger partial charge in [0.2, 0.25) is 5.54 Å². The molecule has 6 saturated heterocycles. The molecule has 1 spiro atoms. The van der Waals surface area contributed by atoms with Crippen LogP contribution >= 0.6 is 0 Å². The zero-order valence-corrected chi connectivity index (χ0v) is 25.8. The van der Waals surface area contributed by atoms with Gasteiger partial charge in [-0.05, 0) is 63.0 Å². The van der Waals surface area contributed by atoms with Gasteiger partial charge in [-0.15, -0.1) is 0 Å². The van der Waals surface area contributed by atoms with Gasteiger partial charge in [0.1, 0.15) is 5.60 Å². The lowest BCUT2D eigenvalue weighted by molar-refractivity contribution is -0.709. The number of amides is 1. The minimum Gasteiger partial charge on any atom is -0.505 e. The SMILES string of the molecule is CCCCC1CC2(CC3CCCCC3)C(=O)OC13CCC(C1CCN(C(=O)c4c(C)cccc4C)CC1)(CC3)[N+]2=[N-]. The number of hydrogen-bond donors (Lipinski definition) is 0. The molecule has 3 bridgehead atoms. The third-order valence-electron chi connectivity index (χ3n) is 12.3. The van der Waals surface area contributed by atoms with Crippen LogP contribution in [0.1, 0.15) is 131 Å². The summed E-state index contributed by atoms with van der Waals surface area (Å²) < 4.78 is 8.19. The van der Waals surface area contributed by atoms with Gasteiger partial charge in [-0.1, -0.05) is 70.1 Å². The second-order valence-corrected chi connectivity index (χ2v) is 14.5. The van der Waals surface area contributed by atoms with Crippen LogP contribution in [-0.2, 0) is 9.53 Å². The van der Waals surface area contributed by atoms with Crippen molar-refractivity contribution in [2.75, 3.05) is 13.1 Å². The Bertz CT molecular complexity index is 1150. The van der Waals surface area contributed by atoms with Crippen molar-refractivity contribution in [1.82, 2.24) is 4.90 Å². The first kappa shape index (κ1) is 28.9. The zero-order chi connectivity index (χ0) is 28.8. The molecule has 0 radical (unpaired) electrons. The summed E-state index contributed by atoms with van der Waals surface area (Å²) in [5, 5.41) is 0. The topological polar surface area (TPSA) is 71.9 Å². The van der Waals surface area contributed by atoms with Crippen LogP contribution in [0.25, 0.3) is 5.53 Å². The molecule has 41 heavy (non-hydrogen) atoms. The lowest BCUT2D eigenvalue weighted by Gasteiger charge is -2.61. The minimum absolute atomic E-state index is 0.132. The molecule has 2 atom stereocenters. The van der Waals surface area contributed by atoms with E-state index in [2.05, 4.69) is 6.92 Å². The Hall–Kier alpha value is -2.24. The minimum atomic E-state index is -0.935. The van der Waals surface area contributed by atoms with Crippen molar-refractivity contribution in [3.05, 3.63) is 40.4 Å². The molecule has 6 nitrogen and oxygen atoms in total. The largest absolute Gasteiger partial charge is 0.505 e. The molecule has 0 aromatic heterocycles. The van der Waals surface area contributed by atoms with Crippen molar-refractivity contribution < 1.29 is 19.0 Å². The van der Waals surface area contributed by atoms with E-state index in [0.29, 0.717) is 24.9 Å². The molecule has 1 amide bonds. The molecule has 6 heteroatoms. The maximum atomic E-state index is 14.1. The van der Waals surface area contributed by atoms with Crippen molar-refractivity contribution >= 4 is 11.9 Å². The first-order valence-corrected chi connectivity index (χ1v) is 16.8. The Morgan fingerprint density at radius 1 is 1.02 bits per heavy atom. The van der Waals surface area contributed by atoms with E-state index in [1.54, 1.807) is 4.70 Å². The van der Waals surface area contributed by atoms with Gasteiger partial charge in [0.05, 0.1) is 0 Å². The Morgan fingerprint density at radius 2 is 1.68 bits per heavy atom. The molecule has 6 aliphatic heterocycles. The standard InChI is InChI=1S/C35H51N3O3/c1-4-5-14-29-24-34(23-27-12-7-6-8-13-27)32(40)41-35(29)19-17-33(18-20-35,38(34)36)28-15-21-37(22-16-28)31(39)30-25(2)10-9-11-26(30)3/h9-11,27-29H,4-8,12-24H2,1-3H3. The van der Waals surface area contributed by atoms with Crippen molar-refractivity contribution in [2.24, 2.45) is 17.8 Å². The quantitative estimate of drug-likeness (QED) is 0.253. The van der Waals surface area contributed by atoms with E-state index in [0.717, 1.165) is 100 Å². The molecule has 1 aromatic rings. The number of ether oxygens (including phenoxy) is 1. The van der Waals surface area contributed by atoms with Crippen molar-refractivity contribution in [2.45, 2.75) is 140 Å². The average Bonchev–Trinajstić information content (AvgIpc) is 2.98. The van der Waals surface area contributed by atoms with Crippen molar-refractivity contribution in [1.29, 1.82) is 0 Å². The number of carbonyl (C=O) groups is 2. The highest BCUT2D eigenvalue weighted by Crippen LogP contribution is 2.60. The van der Waals surface area contributed by atoms with Crippen LogP contribution < -0.4 is 0 Å². The fraction of sp³-hybridized carbons (Fsp3) is 0.771. The van der Waals surface area contributed by atoms with E-state index in [1.807, 2.05) is 36.9 Å². The lowest BCUT2D eigenvalue weighted by Crippen LogP contribution is -2.73. The summed E-state index contributed by atoms with van der Waals surface area (Å²) in [7, 11) is 0. The van der Waals surface area contributed by atoms with E-state index in [4.69, 9.17) is 4.74 Å². The maximum Gasteiger partial charge on any atom is 0.378 e. The summed E-state index contributed by atoms with van der Waals surface area (Å²) in [6.45, 7) is 7.70. The lowest BCUT2D eigenvalue weighted by atomic mass is 9.55. The molecule has 6 heterocycles. The second-order valence-electron chi connectivity index (χ2n) is 14.5. The van der Waals surface area contributed by atoms with Crippen LogP contribution in [0.4, 0.5) is 0 Å². The Labute approximate surface area is 247 Å². The number of rotatable bonds is 7. The molecular weight excluding hydrogens is 510 g/mol. The number of piperidine rings is 1. The van der Waals surface area contributed by atoms with Crippen LogP contribution in [0, 0.1) is 31.6 Å². The van der Waals surface area contributed by atoms with Crippen LogP contribution in [0.15, 0.2) is 18.2 Å². The van der Waals surface area contributed by atoms with Crippen molar-refractivity contribution in [3.63, 3.8) is 0 Å². The van der Waals surface area contributed by atoms with E-state index in [9.17, 15) is 15.1 Å². The second kappa shape index (κ2) is 11.1. The number of unbranched alkanes of at least 4 members (excludes halogenated alkanes) is 1. The first-order valence-electron chi connectivity index (χ1n) is 16.8. The molecule has 0 N–H and O–H groups in total. The van der Waals surface area contributed by atoms with Gasteiger partial charge in [0, 0.05) is 56.2 Å². The first-order chi connectivity index (χ1) is 19.7. The number of hydrogen-bond acceptors (Lipinski definition) is 3. The summed E-state index contributed by atoms with van der Waals surface area (Å²) in [6.07, 6.45) is 16.1.